The van der Waals surface area contributed by atoms with E-state index in [1.807, 2.05) is 6.07 Å². The first-order chi connectivity index (χ1) is 7.22. The summed E-state index contributed by atoms with van der Waals surface area (Å²) in [4.78, 5) is 2.26. The molecule has 0 fully saturated rings. The lowest BCUT2D eigenvalue weighted by Gasteiger charge is -2.16. The number of nitrogens with zero attached hydrogens (tertiary/aromatic N) is 1. The van der Waals surface area contributed by atoms with Gasteiger partial charge in [0.2, 0.25) is 0 Å². The lowest BCUT2D eigenvalue weighted by molar-refractivity contribution is 0.348. The number of benzene rings is 1. The molecule has 0 atom stereocenters. The van der Waals surface area contributed by atoms with Crippen LogP contribution in [0, 0.1) is 5.82 Å². The minimum Gasteiger partial charge on any atom is -0.384 e. The largest absolute Gasteiger partial charge is 0.384 e. The molecule has 0 unspecified atom stereocenters. The second-order valence-corrected chi connectivity index (χ2v) is 3.74. The zero-order valence-electron chi connectivity index (χ0n) is 9.46. The fourth-order valence-electron chi connectivity index (χ4n) is 1.48. The topological polar surface area (TPSA) is 15.3 Å². The van der Waals surface area contributed by atoms with Gasteiger partial charge in [-0.25, -0.2) is 4.39 Å². The van der Waals surface area contributed by atoms with Gasteiger partial charge in [-0.05, 0) is 38.2 Å². The van der Waals surface area contributed by atoms with Crippen molar-refractivity contribution in [3.8, 4) is 0 Å². The van der Waals surface area contributed by atoms with Crippen LogP contribution >= 0.6 is 0 Å². The van der Waals surface area contributed by atoms with E-state index in [0.29, 0.717) is 0 Å². The first kappa shape index (κ1) is 12.0. The Kier molecular flexibility index (Phi) is 5.12. The van der Waals surface area contributed by atoms with Crippen LogP contribution in [0.4, 0.5) is 10.1 Å². The monoisotopic (exact) mass is 210 g/mol. The maximum atomic E-state index is 12.8. The third-order valence-corrected chi connectivity index (χ3v) is 2.25. The number of hydrogen-bond acceptors (Lipinski definition) is 2. The lowest BCUT2D eigenvalue weighted by Crippen LogP contribution is -2.25. The van der Waals surface area contributed by atoms with E-state index in [2.05, 4.69) is 24.2 Å². The van der Waals surface area contributed by atoms with Crippen molar-refractivity contribution in [2.75, 3.05) is 32.0 Å². The summed E-state index contributed by atoms with van der Waals surface area (Å²) in [6.07, 6.45) is 1.16. The number of rotatable bonds is 6. The molecular weight excluding hydrogens is 191 g/mol. The maximum absolute atomic E-state index is 12.8. The van der Waals surface area contributed by atoms with Crippen molar-refractivity contribution < 1.29 is 4.39 Å². The van der Waals surface area contributed by atoms with Gasteiger partial charge in [0.05, 0.1) is 0 Å². The van der Waals surface area contributed by atoms with Crippen LogP contribution < -0.4 is 5.32 Å². The van der Waals surface area contributed by atoms with Gasteiger partial charge in [-0.15, -0.1) is 0 Å². The molecule has 0 spiro atoms. The van der Waals surface area contributed by atoms with Crippen molar-refractivity contribution in [3.05, 3.63) is 30.1 Å². The molecular formula is C12H19FN2. The summed E-state index contributed by atoms with van der Waals surface area (Å²) in [6, 6.07) is 6.56. The van der Waals surface area contributed by atoms with E-state index in [9.17, 15) is 4.39 Å². The fourth-order valence-corrected chi connectivity index (χ4v) is 1.48. The lowest BCUT2D eigenvalue weighted by atomic mass is 10.3. The van der Waals surface area contributed by atoms with Crippen LogP contribution in [-0.2, 0) is 0 Å². The van der Waals surface area contributed by atoms with Crippen molar-refractivity contribution in [3.63, 3.8) is 0 Å². The Balaban J connectivity index is 2.25. The molecule has 1 aromatic rings. The highest BCUT2D eigenvalue weighted by Crippen LogP contribution is 2.08. The number of hydrogen-bond donors (Lipinski definition) is 1. The number of likely N-dealkylation sites (N-methyl/N-ethyl adjacent to an activating group) is 1. The molecule has 0 saturated carbocycles. The summed E-state index contributed by atoms with van der Waals surface area (Å²) in [6.45, 7) is 5.09. The van der Waals surface area contributed by atoms with Crippen LogP contribution in [0.5, 0.6) is 0 Å². The summed E-state index contributed by atoms with van der Waals surface area (Å²) in [5.74, 6) is -0.193. The second kappa shape index (κ2) is 6.40. The minimum atomic E-state index is -0.193. The summed E-state index contributed by atoms with van der Waals surface area (Å²) in [7, 11) is 2.09. The van der Waals surface area contributed by atoms with E-state index in [1.54, 1.807) is 6.07 Å². The van der Waals surface area contributed by atoms with Crippen molar-refractivity contribution in [2.24, 2.45) is 0 Å². The molecule has 1 N–H and O–H groups in total. The second-order valence-electron chi connectivity index (χ2n) is 3.74. The van der Waals surface area contributed by atoms with Gasteiger partial charge in [0, 0.05) is 18.8 Å². The zero-order valence-corrected chi connectivity index (χ0v) is 9.46. The predicted octanol–water partition coefficient (Wildman–Crippen LogP) is 2.58. The predicted molar refractivity (Wildman–Crippen MR) is 62.7 cm³/mol. The minimum absolute atomic E-state index is 0.193. The Morgan fingerprint density at radius 1 is 1.33 bits per heavy atom. The molecule has 15 heavy (non-hydrogen) atoms. The van der Waals surface area contributed by atoms with E-state index in [-0.39, 0.29) is 5.82 Å². The van der Waals surface area contributed by atoms with Crippen LogP contribution in [0.1, 0.15) is 13.3 Å². The molecule has 0 bridgehead atoms. The van der Waals surface area contributed by atoms with E-state index in [4.69, 9.17) is 0 Å². The van der Waals surface area contributed by atoms with Crippen LogP contribution in [0.2, 0.25) is 0 Å². The van der Waals surface area contributed by atoms with Crippen molar-refractivity contribution in [1.82, 2.24) is 4.90 Å². The normalized spacial score (nSPS) is 10.7. The Bertz CT molecular complexity index is 289. The van der Waals surface area contributed by atoms with E-state index in [0.717, 1.165) is 31.7 Å². The van der Waals surface area contributed by atoms with Crippen LogP contribution in [0.3, 0.4) is 0 Å². The highest BCUT2D eigenvalue weighted by atomic mass is 19.1. The van der Waals surface area contributed by atoms with Crippen molar-refractivity contribution >= 4 is 5.69 Å². The van der Waals surface area contributed by atoms with Crippen LogP contribution in [0.15, 0.2) is 24.3 Å². The van der Waals surface area contributed by atoms with Gasteiger partial charge in [-0.3, -0.25) is 0 Å². The third-order valence-electron chi connectivity index (χ3n) is 2.25. The molecule has 1 aromatic carbocycles. The Morgan fingerprint density at radius 2 is 2.13 bits per heavy atom. The van der Waals surface area contributed by atoms with Gasteiger partial charge in [-0.1, -0.05) is 13.0 Å². The van der Waals surface area contributed by atoms with E-state index < -0.39 is 0 Å². The zero-order chi connectivity index (χ0) is 11.1. The van der Waals surface area contributed by atoms with Crippen molar-refractivity contribution in [2.45, 2.75) is 13.3 Å². The average molecular weight is 210 g/mol. The summed E-state index contributed by atoms with van der Waals surface area (Å²) in [5, 5.41) is 3.19. The highest BCUT2D eigenvalue weighted by Gasteiger charge is 1.97. The van der Waals surface area contributed by atoms with Crippen LogP contribution in [-0.4, -0.2) is 31.6 Å². The molecule has 1 rings (SSSR count). The number of anilines is 1. The summed E-state index contributed by atoms with van der Waals surface area (Å²) < 4.78 is 12.8. The summed E-state index contributed by atoms with van der Waals surface area (Å²) >= 11 is 0. The van der Waals surface area contributed by atoms with Gasteiger partial charge in [0.25, 0.3) is 0 Å². The number of nitrogens with one attached hydrogen (secondary N) is 1. The molecule has 0 aliphatic rings. The SMILES string of the molecule is CCCN(C)CCNc1cccc(F)c1. The Hall–Kier alpha value is -1.09. The molecule has 0 aromatic heterocycles. The molecule has 84 valence electrons. The molecule has 0 heterocycles. The van der Waals surface area contributed by atoms with Crippen molar-refractivity contribution in [1.29, 1.82) is 0 Å². The number of halogens is 1. The molecule has 0 amide bonds. The molecule has 3 heteroatoms. The Morgan fingerprint density at radius 3 is 2.80 bits per heavy atom. The molecule has 0 aliphatic heterocycles. The Labute approximate surface area is 91.1 Å². The van der Waals surface area contributed by atoms with Gasteiger partial charge in [-0.2, -0.15) is 0 Å². The maximum Gasteiger partial charge on any atom is 0.125 e. The fraction of sp³-hybridized carbons (Fsp3) is 0.500. The van der Waals surface area contributed by atoms with Gasteiger partial charge >= 0.3 is 0 Å². The van der Waals surface area contributed by atoms with Gasteiger partial charge in [0.15, 0.2) is 0 Å². The van der Waals surface area contributed by atoms with E-state index >= 15 is 0 Å². The first-order valence-corrected chi connectivity index (χ1v) is 5.40. The molecule has 0 radical (unpaired) electrons. The molecule has 0 aliphatic carbocycles. The quantitative estimate of drug-likeness (QED) is 0.776. The van der Waals surface area contributed by atoms with Crippen LogP contribution in [0.25, 0.3) is 0 Å². The third kappa shape index (κ3) is 4.79. The standard InChI is InChI=1S/C12H19FN2/c1-3-8-15(2)9-7-14-12-6-4-5-11(13)10-12/h4-6,10,14H,3,7-9H2,1-2H3. The van der Waals surface area contributed by atoms with E-state index in [1.165, 1.54) is 12.1 Å². The summed E-state index contributed by atoms with van der Waals surface area (Å²) in [5.41, 5.74) is 0.847. The first-order valence-electron chi connectivity index (χ1n) is 5.40. The average Bonchev–Trinajstić information content (AvgIpc) is 2.18. The highest BCUT2D eigenvalue weighted by molar-refractivity contribution is 5.42. The van der Waals surface area contributed by atoms with Gasteiger partial charge in [0.1, 0.15) is 5.82 Å². The molecule has 2 nitrogen and oxygen atoms in total. The molecule has 0 saturated heterocycles. The smallest absolute Gasteiger partial charge is 0.125 e. The van der Waals surface area contributed by atoms with Gasteiger partial charge < -0.3 is 10.2 Å².